The Labute approximate surface area is 133 Å². The van der Waals surface area contributed by atoms with Gasteiger partial charge in [-0.2, -0.15) is 0 Å². The van der Waals surface area contributed by atoms with Crippen LogP contribution in [0.3, 0.4) is 0 Å². The van der Waals surface area contributed by atoms with Crippen LogP contribution in [0.25, 0.3) is 0 Å². The zero-order valence-corrected chi connectivity index (χ0v) is 13.5. The van der Waals surface area contributed by atoms with Crippen LogP contribution in [0.1, 0.15) is 5.56 Å². The lowest BCUT2D eigenvalue weighted by Crippen LogP contribution is -2.36. The number of aliphatic hydroxyl groups is 1. The second-order valence-electron chi connectivity index (χ2n) is 5.02. The second-order valence-corrected chi connectivity index (χ2v) is 5.02. The fraction of sp³-hybridized carbons (Fsp3) is 0.529. The summed E-state index contributed by atoms with van der Waals surface area (Å²) in [4.78, 5) is 2.13. The molecule has 5 nitrogen and oxygen atoms in total. The molecule has 22 heavy (non-hydrogen) atoms. The van der Waals surface area contributed by atoms with Gasteiger partial charge < -0.3 is 19.3 Å². The molecule has 1 unspecified atom stereocenters. The van der Waals surface area contributed by atoms with E-state index < -0.39 is 6.10 Å². The van der Waals surface area contributed by atoms with Crippen LogP contribution in [-0.4, -0.2) is 63.2 Å². The molecule has 0 saturated heterocycles. The van der Waals surface area contributed by atoms with E-state index >= 15 is 0 Å². The fourth-order valence-corrected chi connectivity index (χ4v) is 2.17. The topological polar surface area (TPSA) is 51.2 Å². The normalized spacial score (nSPS) is 12.4. The first kappa shape index (κ1) is 18.6. The molecular weight excluding hydrogens is 282 g/mol. The Balaban J connectivity index is 2.61. The lowest BCUT2D eigenvalue weighted by atomic mass is 10.1. The number of para-hydroxylation sites is 1. The van der Waals surface area contributed by atoms with Gasteiger partial charge in [-0.15, -0.1) is 6.58 Å². The average Bonchev–Trinajstić information content (AvgIpc) is 2.53. The summed E-state index contributed by atoms with van der Waals surface area (Å²) in [6.07, 6.45) is 1.12. The first-order valence-corrected chi connectivity index (χ1v) is 7.41. The smallest absolute Gasteiger partial charge is 0.123 e. The molecule has 0 fully saturated rings. The molecule has 0 bridgehead atoms. The molecule has 0 aliphatic heterocycles. The van der Waals surface area contributed by atoms with Crippen LogP contribution in [0.5, 0.6) is 5.75 Å². The van der Waals surface area contributed by atoms with Crippen LogP contribution in [0.15, 0.2) is 36.9 Å². The van der Waals surface area contributed by atoms with Crippen molar-refractivity contribution in [2.75, 3.05) is 47.1 Å². The highest BCUT2D eigenvalue weighted by Crippen LogP contribution is 2.19. The third-order valence-electron chi connectivity index (χ3n) is 3.21. The molecule has 1 aromatic carbocycles. The zero-order valence-electron chi connectivity index (χ0n) is 13.5. The predicted molar refractivity (Wildman–Crippen MR) is 87.2 cm³/mol. The minimum atomic E-state index is -0.550. The molecule has 0 heterocycles. The van der Waals surface area contributed by atoms with Gasteiger partial charge in [0.05, 0.1) is 33.0 Å². The summed E-state index contributed by atoms with van der Waals surface area (Å²) in [7, 11) is 3.33. The van der Waals surface area contributed by atoms with Gasteiger partial charge in [0, 0.05) is 32.3 Å². The van der Waals surface area contributed by atoms with Crippen LogP contribution < -0.4 is 4.74 Å². The molecule has 1 aromatic rings. The number of hydrogen-bond donors (Lipinski definition) is 1. The van der Waals surface area contributed by atoms with Gasteiger partial charge in [0.2, 0.25) is 0 Å². The lowest BCUT2D eigenvalue weighted by Gasteiger charge is -2.25. The lowest BCUT2D eigenvalue weighted by molar-refractivity contribution is 0.0192. The summed E-state index contributed by atoms with van der Waals surface area (Å²) in [5.41, 5.74) is 1.08. The summed E-state index contributed by atoms with van der Waals surface area (Å²) < 4.78 is 15.8. The van der Waals surface area contributed by atoms with E-state index in [0.29, 0.717) is 32.9 Å². The van der Waals surface area contributed by atoms with Crippen molar-refractivity contribution in [1.82, 2.24) is 4.90 Å². The molecule has 0 spiro atoms. The minimum Gasteiger partial charge on any atom is -0.496 e. The molecular formula is C17H27NO4. The van der Waals surface area contributed by atoms with Gasteiger partial charge in [-0.25, -0.2) is 0 Å². The number of ether oxygens (including phenoxy) is 3. The zero-order chi connectivity index (χ0) is 16.2. The third kappa shape index (κ3) is 7.04. The molecule has 0 saturated carbocycles. The number of nitrogens with zero attached hydrogens (tertiary/aromatic N) is 1. The number of rotatable bonds is 12. The largest absolute Gasteiger partial charge is 0.496 e. The summed E-state index contributed by atoms with van der Waals surface area (Å²) in [6, 6.07) is 7.89. The van der Waals surface area contributed by atoms with Gasteiger partial charge in [-0.05, 0) is 6.07 Å². The van der Waals surface area contributed by atoms with Crippen LogP contribution in [0.2, 0.25) is 0 Å². The number of benzene rings is 1. The van der Waals surface area contributed by atoms with Crippen molar-refractivity contribution in [1.29, 1.82) is 0 Å². The van der Waals surface area contributed by atoms with Crippen molar-refractivity contribution < 1.29 is 19.3 Å². The van der Waals surface area contributed by atoms with Crippen molar-refractivity contribution in [2.45, 2.75) is 12.6 Å². The highest BCUT2D eigenvalue weighted by molar-refractivity contribution is 5.33. The molecule has 124 valence electrons. The van der Waals surface area contributed by atoms with Crippen molar-refractivity contribution in [3.05, 3.63) is 42.5 Å². The second kappa shape index (κ2) is 11.2. The van der Waals surface area contributed by atoms with Crippen LogP contribution in [0.4, 0.5) is 0 Å². The SMILES string of the molecule is C=CCOCC(O)CN(CCOC)Cc1ccccc1OC. The van der Waals surface area contributed by atoms with E-state index in [-0.39, 0.29) is 0 Å². The van der Waals surface area contributed by atoms with Crippen molar-refractivity contribution >= 4 is 0 Å². The van der Waals surface area contributed by atoms with Crippen molar-refractivity contribution in [2.24, 2.45) is 0 Å². The van der Waals surface area contributed by atoms with Crippen molar-refractivity contribution in [3.63, 3.8) is 0 Å². The number of aliphatic hydroxyl groups excluding tert-OH is 1. The molecule has 0 amide bonds. The quantitative estimate of drug-likeness (QED) is 0.470. The maximum Gasteiger partial charge on any atom is 0.123 e. The van der Waals surface area contributed by atoms with Gasteiger partial charge in [0.15, 0.2) is 0 Å². The Kier molecular flexibility index (Phi) is 9.50. The maximum atomic E-state index is 10.1. The molecule has 0 aromatic heterocycles. The molecule has 5 heteroatoms. The Morgan fingerprint density at radius 2 is 2.09 bits per heavy atom. The van der Waals surface area contributed by atoms with E-state index in [1.807, 2.05) is 24.3 Å². The Bertz CT molecular complexity index is 425. The summed E-state index contributed by atoms with van der Waals surface area (Å²) >= 11 is 0. The predicted octanol–water partition coefficient (Wildman–Crippen LogP) is 1.71. The Morgan fingerprint density at radius 3 is 2.77 bits per heavy atom. The van der Waals surface area contributed by atoms with Crippen LogP contribution in [-0.2, 0) is 16.0 Å². The van der Waals surface area contributed by atoms with Gasteiger partial charge >= 0.3 is 0 Å². The number of hydrogen-bond acceptors (Lipinski definition) is 5. The summed E-state index contributed by atoms with van der Waals surface area (Å²) in [5.74, 6) is 0.849. The highest BCUT2D eigenvalue weighted by atomic mass is 16.5. The first-order valence-electron chi connectivity index (χ1n) is 7.41. The standard InChI is InChI=1S/C17H27NO4/c1-4-10-22-14-16(19)13-18(9-11-20-2)12-15-7-5-6-8-17(15)21-3/h4-8,16,19H,1,9-14H2,2-3H3. The maximum absolute atomic E-state index is 10.1. The van der Waals surface area contributed by atoms with Gasteiger partial charge in [-0.1, -0.05) is 24.3 Å². The van der Waals surface area contributed by atoms with Gasteiger partial charge in [0.1, 0.15) is 5.75 Å². The third-order valence-corrected chi connectivity index (χ3v) is 3.21. The monoisotopic (exact) mass is 309 g/mol. The molecule has 1 rings (SSSR count). The number of methoxy groups -OCH3 is 2. The van der Waals surface area contributed by atoms with E-state index in [9.17, 15) is 5.11 Å². The molecule has 1 N–H and O–H groups in total. The highest BCUT2D eigenvalue weighted by Gasteiger charge is 2.14. The van der Waals surface area contributed by atoms with Gasteiger partial charge in [0.25, 0.3) is 0 Å². The van der Waals surface area contributed by atoms with Gasteiger partial charge in [-0.3, -0.25) is 4.90 Å². The van der Waals surface area contributed by atoms with E-state index in [2.05, 4.69) is 11.5 Å². The van der Waals surface area contributed by atoms with E-state index in [1.165, 1.54) is 0 Å². The summed E-state index contributed by atoms with van der Waals surface area (Å²) in [6.45, 7) is 6.86. The Hall–Kier alpha value is -1.40. The van der Waals surface area contributed by atoms with Crippen LogP contribution in [0, 0.1) is 0 Å². The first-order chi connectivity index (χ1) is 10.7. The molecule has 0 aliphatic carbocycles. The summed E-state index contributed by atoms with van der Waals surface area (Å²) in [5, 5.41) is 10.1. The minimum absolute atomic E-state index is 0.293. The van der Waals surface area contributed by atoms with E-state index in [0.717, 1.165) is 17.9 Å². The fourth-order valence-electron chi connectivity index (χ4n) is 2.17. The van der Waals surface area contributed by atoms with Crippen molar-refractivity contribution in [3.8, 4) is 5.75 Å². The molecule has 1 atom stereocenters. The van der Waals surface area contributed by atoms with E-state index in [4.69, 9.17) is 14.2 Å². The van der Waals surface area contributed by atoms with Crippen LogP contribution >= 0.6 is 0 Å². The van der Waals surface area contributed by atoms with E-state index in [1.54, 1.807) is 20.3 Å². The molecule has 0 aliphatic rings. The average molecular weight is 309 g/mol. The Morgan fingerprint density at radius 1 is 1.32 bits per heavy atom. The molecule has 0 radical (unpaired) electrons.